The second-order valence-corrected chi connectivity index (χ2v) is 3.46. The van der Waals surface area contributed by atoms with E-state index in [9.17, 15) is 0 Å². The second kappa shape index (κ2) is 3.95. The van der Waals surface area contributed by atoms with Gasteiger partial charge in [0, 0.05) is 11.8 Å². The van der Waals surface area contributed by atoms with Crippen LogP contribution in [0.25, 0.3) is 0 Å². The van der Waals surface area contributed by atoms with Crippen molar-refractivity contribution in [1.29, 1.82) is 0 Å². The molecule has 0 heterocycles. The molecule has 0 saturated heterocycles. The van der Waals surface area contributed by atoms with Crippen LogP contribution in [0.5, 0.6) is 0 Å². The van der Waals surface area contributed by atoms with E-state index in [4.69, 9.17) is 0 Å². The summed E-state index contributed by atoms with van der Waals surface area (Å²) >= 11 is 3.43. The Labute approximate surface area is 66.2 Å². The summed E-state index contributed by atoms with van der Waals surface area (Å²) in [5.74, 6) is 5.95. The molecule has 9 heavy (non-hydrogen) atoms. The normalized spacial score (nSPS) is 10.2. The molecule has 0 aliphatic rings. The van der Waals surface area contributed by atoms with Gasteiger partial charge >= 0.3 is 0 Å². The standard InChI is InChI=1S/C8H13Br/c1-4-5-6-8(2,3)7-9/h6-7H2,1-3H3. The van der Waals surface area contributed by atoms with E-state index in [-0.39, 0.29) is 0 Å². The van der Waals surface area contributed by atoms with E-state index in [0.717, 1.165) is 11.8 Å². The van der Waals surface area contributed by atoms with Crippen LogP contribution in [0, 0.1) is 17.3 Å². The van der Waals surface area contributed by atoms with E-state index in [1.807, 2.05) is 6.92 Å². The van der Waals surface area contributed by atoms with Crippen molar-refractivity contribution >= 4 is 15.9 Å². The Morgan fingerprint density at radius 3 is 2.33 bits per heavy atom. The monoisotopic (exact) mass is 188 g/mol. The summed E-state index contributed by atoms with van der Waals surface area (Å²) in [6, 6.07) is 0. The molecule has 0 aromatic carbocycles. The highest BCUT2D eigenvalue weighted by Gasteiger charge is 2.13. The van der Waals surface area contributed by atoms with Gasteiger partial charge in [-0.25, -0.2) is 0 Å². The highest BCUT2D eigenvalue weighted by atomic mass is 79.9. The van der Waals surface area contributed by atoms with Gasteiger partial charge in [-0.15, -0.1) is 11.8 Å². The number of rotatable bonds is 2. The zero-order chi connectivity index (χ0) is 7.33. The number of alkyl halides is 1. The molecule has 0 atom stereocenters. The van der Waals surface area contributed by atoms with Crippen LogP contribution in [0.2, 0.25) is 0 Å². The van der Waals surface area contributed by atoms with Gasteiger partial charge in [0.25, 0.3) is 0 Å². The third kappa shape index (κ3) is 4.54. The maximum Gasteiger partial charge on any atom is 0.0148 e. The lowest BCUT2D eigenvalue weighted by Gasteiger charge is -2.16. The molecule has 52 valence electrons. The van der Waals surface area contributed by atoms with E-state index in [1.54, 1.807) is 0 Å². The Morgan fingerprint density at radius 2 is 2.00 bits per heavy atom. The van der Waals surface area contributed by atoms with Gasteiger partial charge in [-0.05, 0) is 12.3 Å². The third-order valence-corrected chi connectivity index (χ3v) is 2.62. The summed E-state index contributed by atoms with van der Waals surface area (Å²) in [5, 5.41) is 1.02. The van der Waals surface area contributed by atoms with Gasteiger partial charge in [0.15, 0.2) is 0 Å². The molecule has 0 rings (SSSR count). The first kappa shape index (κ1) is 9.04. The largest absolute Gasteiger partial charge is 0.107 e. The smallest absolute Gasteiger partial charge is 0.0148 e. The fourth-order valence-corrected chi connectivity index (χ4v) is 0.573. The molecule has 0 saturated carbocycles. The Kier molecular flexibility index (Phi) is 3.97. The quantitative estimate of drug-likeness (QED) is 0.462. The Balaban J connectivity index is 3.67. The molecular formula is C8H13Br. The molecule has 0 radical (unpaired) electrons. The number of halogens is 1. The van der Waals surface area contributed by atoms with Crippen LogP contribution in [0.4, 0.5) is 0 Å². The van der Waals surface area contributed by atoms with E-state index in [1.165, 1.54) is 0 Å². The summed E-state index contributed by atoms with van der Waals surface area (Å²) in [6.45, 7) is 6.28. The van der Waals surface area contributed by atoms with E-state index in [2.05, 4.69) is 41.6 Å². The van der Waals surface area contributed by atoms with E-state index >= 15 is 0 Å². The zero-order valence-electron chi connectivity index (χ0n) is 6.29. The highest BCUT2D eigenvalue weighted by molar-refractivity contribution is 9.09. The molecule has 0 fully saturated rings. The van der Waals surface area contributed by atoms with Crippen LogP contribution < -0.4 is 0 Å². The Bertz CT molecular complexity index is 125. The first-order valence-corrected chi connectivity index (χ1v) is 4.20. The summed E-state index contributed by atoms with van der Waals surface area (Å²) in [6.07, 6.45) is 0.981. The molecule has 0 aliphatic heterocycles. The summed E-state index contributed by atoms with van der Waals surface area (Å²) < 4.78 is 0. The molecule has 0 aromatic rings. The molecule has 0 N–H and O–H groups in total. The lowest BCUT2D eigenvalue weighted by atomic mass is 9.93. The summed E-state index contributed by atoms with van der Waals surface area (Å²) in [4.78, 5) is 0. The van der Waals surface area contributed by atoms with Crippen LogP contribution in [-0.2, 0) is 0 Å². The minimum atomic E-state index is 0.336. The van der Waals surface area contributed by atoms with Crippen LogP contribution in [0.3, 0.4) is 0 Å². The maximum absolute atomic E-state index is 3.43. The van der Waals surface area contributed by atoms with Gasteiger partial charge in [0.1, 0.15) is 0 Å². The molecule has 0 aliphatic carbocycles. The van der Waals surface area contributed by atoms with Crippen LogP contribution in [-0.4, -0.2) is 5.33 Å². The lowest BCUT2D eigenvalue weighted by molar-refractivity contribution is 0.442. The minimum Gasteiger partial charge on any atom is -0.107 e. The average molecular weight is 189 g/mol. The van der Waals surface area contributed by atoms with Crippen LogP contribution in [0.15, 0.2) is 0 Å². The van der Waals surface area contributed by atoms with E-state index < -0.39 is 0 Å². The molecule has 0 amide bonds. The molecule has 0 unspecified atom stereocenters. The van der Waals surface area contributed by atoms with Gasteiger partial charge in [0.05, 0.1) is 0 Å². The van der Waals surface area contributed by atoms with Crippen LogP contribution >= 0.6 is 15.9 Å². The van der Waals surface area contributed by atoms with Gasteiger partial charge in [-0.2, -0.15) is 0 Å². The van der Waals surface area contributed by atoms with Crippen molar-refractivity contribution in [2.45, 2.75) is 27.2 Å². The average Bonchev–Trinajstić information content (AvgIpc) is 1.84. The van der Waals surface area contributed by atoms with Crippen LogP contribution in [0.1, 0.15) is 27.2 Å². The topological polar surface area (TPSA) is 0 Å². The fraction of sp³-hybridized carbons (Fsp3) is 0.750. The van der Waals surface area contributed by atoms with Gasteiger partial charge in [-0.1, -0.05) is 29.8 Å². The van der Waals surface area contributed by atoms with Gasteiger partial charge in [-0.3, -0.25) is 0 Å². The van der Waals surface area contributed by atoms with Gasteiger partial charge in [0.2, 0.25) is 0 Å². The predicted octanol–water partition coefficient (Wildman–Crippen LogP) is 2.82. The van der Waals surface area contributed by atoms with Crippen molar-refractivity contribution in [2.75, 3.05) is 5.33 Å². The van der Waals surface area contributed by atoms with Crippen molar-refractivity contribution in [1.82, 2.24) is 0 Å². The second-order valence-electron chi connectivity index (χ2n) is 2.90. The first-order chi connectivity index (χ1) is 4.12. The zero-order valence-corrected chi connectivity index (χ0v) is 7.88. The first-order valence-electron chi connectivity index (χ1n) is 3.08. The summed E-state index contributed by atoms with van der Waals surface area (Å²) in [7, 11) is 0. The minimum absolute atomic E-state index is 0.336. The molecular weight excluding hydrogens is 176 g/mol. The number of hydrogen-bond donors (Lipinski definition) is 0. The maximum atomic E-state index is 3.43. The van der Waals surface area contributed by atoms with Crippen molar-refractivity contribution in [3.63, 3.8) is 0 Å². The molecule has 0 bridgehead atoms. The van der Waals surface area contributed by atoms with Gasteiger partial charge < -0.3 is 0 Å². The van der Waals surface area contributed by atoms with E-state index in [0.29, 0.717) is 5.41 Å². The predicted molar refractivity (Wildman–Crippen MR) is 45.6 cm³/mol. The lowest BCUT2D eigenvalue weighted by Crippen LogP contribution is -2.11. The Hall–Kier alpha value is 0.0400. The molecule has 0 aromatic heterocycles. The molecule has 1 heteroatoms. The van der Waals surface area contributed by atoms with Crippen molar-refractivity contribution < 1.29 is 0 Å². The Morgan fingerprint density at radius 1 is 1.44 bits per heavy atom. The summed E-state index contributed by atoms with van der Waals surface area (Å²) in [5.41, 5.74) is 0.336. The highest BCUT2D eigenvalue weighted by Crippen LogP contribution is 2.21. The van der Waals surface area contributed by atoms with Crippen molar-refractivity contribution in [2.24, 2.45) is 5.41 Å². The number of hydrogen-bond acceptors (Lipinski definition) is 0. The fourth-order valence-electron chi connectivity index (χ4n) is 0.375. The molecule has 0 nitrogen and oxygen atoms in total. The molecule has 0 spiro atoms. The SMILES string of the molecule is CC#CCC(C)(C)CBr. The third-order valence-electron chi connectivity index (χ3n) is 1.11. The van der Waals surface area contributed by atoms with Crippen molar-refractivity contribution in [3.8, 4) is 11.8 Å². The van der Waals surface area contributed by atoms with Crippen molar-refractivity contribution in [3.05, 3.63) is 0 Å².